The summed E-state index contributed by atoms with van der Waals surface area (Å²) in [7, 11) is 0. The number of benzene rings is 6. The van der Waals surface area contributed by atoms with Gasteiger partial charge in [0.2, 0.25) is 0 Å². The quantitative estimate of drug-likeness (QED) is 0.230. The standard InChI is InChI=1S/C34H21NS2/c1-2-11-23(12-3-1)35(24-18-19-27-26-14-6-8-16-29(26)36-31(27)21-24)34-25-13-5-4-10-22(25)20-32-33(34)28-15-7-9-17-30(28)37-32/h1-21H. The van der Waals surface area contributed by atoms with Crippen molar-refractivity contribution in [1.82, 2.24) is 0 Å². The van der Waals surface area contributed by atoms with Gasteiger partial charge in [-0.3, -0.25) is 0 Å². The third-order valence-electron chi connectivity index (χ3n) is 7.22. The van der Waals surface area contributed by atoms with E-state index in [0.717, 1.165) is 5.69 Å². The molecule has 8 rings (SSSR count). The van der Waals surface area contributed by atoms with Crippen molar-refractivity contribution < 1.29 is 0 Å². The smallest absolute Gasteiger partial charge is 0.0633 e. The predicted octanol–water partition coefficient (Wildman–Crippen LogP) is 11.0. The minimum absolute atomic E-state index is 1.16. The molecule has 6 aromatic carbocycles. The van der Waals surface area contributed by atoms with Gasteiger partial charge in [0.25, 0.3) is 0 Å². The Balaban J connectivity index is 1.51. The van der Waals surface area contributed by atoms with Crippen LogP contribution in [-0.4, -0.2) is 0 Å². The lowest BCUT2D eigenvalue weighted by molar-refractivity contribution is 1.32. The zero-order valence-electron chi connectivity index (χ0n) is 19.9. The van der Waals surface area contributed by atoms with Gasteiger partial charge in [-0.1, -0.05) is 84.9 Å². The monoisotopic (exact) mass is 507 g/mol. The van der Waals surface area contributed by atoms with Crippen LogP contribution in [0, 0.1) is 0 Å². The molecule has 37 heavy (non-hydrogen) atoms. The van der Waals surface area contributed by atoms with Gasteiger partial charge < -0.3 is 4.90 Å². The molecule has 0 saturated carbocycles. The van der Waals surface area contributed by atoms with E-state index in [1.165, 1.54) is 62.5 Å². The Bertz CT molecular complexity index is 2100. The minimum Gasteiger partial charge on any atom is -0.309 e. The Hall–Kier alpha value is -4.18. The summed E-state index contributed by atoms with van der Waals surface area (Å²) in [5.41, 5.74) is 3.59. The van der Waals surface area contributed by atoms with Gasteiger partial charge in [-0.05, 0) is 47.9 Å². The van der Waals surface area contributed by atoms with Gasteiger partial charge in [-0.25, -0.2) is 0 Å². The molecule has 0 N–H and O–H groups in total. The first-order valence-electron chi connectivity index (χ1n) is 12.4. The Morgan fingerprint density at radius 3 is 1.86 bits per heavy atom. The molecule has 0 aliphatic heterocycles. The van der Waals surface area contributed by atoms with Crippen molar-refractivity contribution in [2.45, 2.75) is 0 Å². The molecule has 174 valence electrons. The molecule has 0 fully saturated rings. The molecular formula is C34H21NS2. The fourth-order valence-corrected chi connectivity index (χ4v) is 7.89. The molecule has 0 atom stereocenters. The molecule has 2 aromatic heterocycles. The number of para-hydroxylation sites is 1. The molecule has 2 heterocycles. The zero-order valence-corrected chi connectivity index (χ0v) is 21.5. The fourth-order valence-electron chi connectivity index (χ4n) is 5.59. The molecule has 0 radical (unpaired) electrons. The van der Waals surface area contributed by atoms with Crippen molar-refractivity contribution in [2.24, 2.45) is 0 Å². The van der Waals surface area contributed by atoms with Crippen molar-refractivity contribution in [1.29, 1.82) is 0 Å². The Morgan fingerprint density at radius 2 is 1.03 bits per heavy atom. The van der Waals surface area contributed by atoms with Crippen LogP contribution < -0.4 is 4.90 Å². The van der Waals surface area contributed by atoms with Gasteiger partial charge in [-0.15, -0.1) is 22.7 Å². The molecule has 3 heteroatoms. The number of anilines is 3. The van der Waals surface area contributed by atoms with Crippen molar-refractivity contribution in [3.63, 3.8) is 0 Å². The molecule has 0 aliphatic rings. The largest absolute Gasteiger partial charge is 0.309 e. The van der Waals surface area contributed by atoms with Crippen molar-refractivity contribution in [3.05, 3.63) is 127 Å². The molecule has 0 aliphatic carbocycles. The zero-order chi connectivity index (χ0) is 24.3. The van der Waals surface area contributed by atoms with E-state index in [1.54, 1.807) is 0 Å². The summed E-state index contributed by atoms with van der Waals surface area (Å²) in [6.07, 6.45) is 0. The first-order valence-corrected chi connectivity index (χ1v) is 14.1. The predicted molar refractivity (Wildman–Crippen MR) is 164 cm³/mol. The number of nitrogens with zero attached hydrogens (tertiary/aromatic N) is 1. The maximum atomic E-state index is 2.47. The number of hydrogen-bond acceptors (Lipinski definition) is 3. The van der Waals surface area contributed by atoms with E-state index in [4.69, 9.17) is 0 Å². The van der Waals surface area contributed by atoms with Crippen LogP contribution in [0.3, 0.4) is 0 Å². The lowest BCUT2D eigenvalue weighted by Crippen LogP contribution is -2.10. The van der Waals surface area contributed by atoms with E-state index in [-0.39, 0.29) is 0 Å². The first kappa shape index (κ1) is 21.0. The Morgan fingerprint density at radius 1 is 0.405 bits per heavy atom. The summed E-state index contributed by atoms with van der Waals surface area (Å²) in [6.45, 7) is 0. The molecule has 0 spiro atoms. The van der Waals surface area contributed by atoms with E-state index < -0.39 is 0 Å². The third-order valence-corrected chi connectivity index (χ3v) is 9.47. The van der Waals surface area contributed by atoms with Gasteiger partial charge >= 0.3 is 0 Å². The molecular weight excluding hydrogens is 487 g/mol. The second kappa shape index (κ2) is 8.17. The Kier molecular flexibility index (Phi) is 4.63. The molecule has 1 nitrogen and oxygen atoms in total. The Labute approximate surface area is 222 Å². The van der Waals surface area contributed by atoms with Crippen molar-refractivity contribution in [3.8, 4) is 0 Å². The van der Waals surface area contributed by atoms with Crippen LogP contribution in [0.2, 0.25) is 0 Å². The number of fused-ring (bicyclic) bond motifs is 7. The van der Waals surface area contributed by atoms with Gasteiger partial charge in [0.15, 0.2) is 0 Å². The van der Waals surface area contributed by atoms with Crippen LogP contribution in [0.15, 0.2) is 127 Å². The fraction of sp³-hybridized carbons (Fsp3) is 0. The summed E-state index contributed by atoms with van der Waals surface area (Å²) in [5.74, 6) is 0. The highest BCUT2D eigenvalue weighted by molar-refractivity contribution is 7.26. The first-order chi connectivity index (χ1) is 18.3. The van der Waals surface area contributed by atoms with Gasteiger partial charge in [0.05, 0.1) is 5.69 Å². The van der Waals surface area contributed by atoms with Gasteiger partial charge in [0, 0.05) is 57.1 Å². The van der Waals surface area contributed by atoms with Crippen LogP contribution in [0.25, 0.3) is 51.1 Å². The highest BCUT2D eigenvalue weighted by Crippen LogP contribution is 2.49. The summed E-state index contributed by atoms with van der Waals surface area (Å²) >= 11 is 3.75. The average Bonchev–Trinajstić information content (AvgIpc) is 3.51. The van der Waals surface area contributed by atoms with E-state index in [9.17, 15) is 0 Å². The van der Waals surface area contributed by atoms with Crippen LogP contribution in [0.5, 0.6) is 0 Å². The lowest BCUT2D eigenvalue weighted by Gasteiger charge is -2.28. The average molecular weight is 508 g/mol. The number of rotatable bonds is 3. The summed E-state index contributed by atoms with van der Waals surface area (Å²) < 4.78 is 5.28. The molecule has 0 saturated heterocycles. The highest BCUT2D eigenvalue weighted by atomic mass is 32.1. The van der Waals surface area contributed by atoms with Crippen molar-refractivity contribution in [2.75, 3.05) is 4.90 Å². The summed E-state index contributed by atoms with van der Waals surface area (Å²) in [4.78, 5) is 2.47. The van der Waals surface area contributed by atoms with E-state index >= 15 is 0 Å². The van der Waals surface area contributed by atoms with Crippen LogP contribution >= 0.6 is 22.7 Å². The van der Waals surface area contributed by atoms with Crippen LogP contribution in [0.1, 0.15) is 0 Å². The second-order valence-corrected chi connectivity index (χ2v) is 11.5. The molecule has 0 amide bonds. The lowest BCUT2D eigenvalue weighted by atomic mass is 10.0. The van der Waals surface area contributed by atoms with Crippen molar-refractivity contribution >= 4 is 90.9 Å². The molecule has 0 unspecified atom stereocenters. The topological polar surface area (TPSA) is 3.24 Å². The maximum Gasteiger partial charge on any atom is 0.0633 e. The minimum atomic E-state index is 1.16. The normalized spacial score (nSPS) is 11.8. The number of hydrogen-bond donors (Lipinski definition) is 0. The molecule has 0 bridgehead atoms. The van der Waals surface area contributed by atoms with Crippen LogP contribution in [0.4, 0.5) is 17.1 Å². The summed E-state index contributed by atoms with van der Waals surface area (Å²) in [6, 6.07) is 46.4. The molecule has 8 aromatic rings. The van der Waals surface area contributed by atoms with Gasteiger partial charge in [-0.2, -0.15) is 0 Å². The summed E-state index contributed by atoms with van der Waals surface area (Å²) in [5, 5.41) is 7.81. The van der Waals surface area contributed by atoms with E-state index in [1.807, 2.05) is 22.7 Å². The maximum absolute atomic E-state index is 2.47. The SMILES string of the molecule is c1ccc(N(c2ccc3c(c2)sc2ccccc23)c2c3ccccc3cc3sc4ccccc4c23)cc1. The van der Waals surface area contributed by atoms with Gasteiger partial charge in [0.1, 0.15) is 0 Å². The number of thiophene rings is 2. The second-order valence-electron chi connectivity index (χ2n) is 9.37. The highest BCUT2D eigenvalue weighted by Gasteiger charge is 2.22. The van der Waals surface area contributed by atoms with E-state index in [2.05, 4.69) is 132 Å². The third kappa shape index (κ3) is 3.21. The van der Waals surface area contributed by atoms with Crippen LogP contribution in [-0.2, 0) is 0 Å². The van der Waals surface area contributed by atoms with E-state index in [0.29, 0.717) is 0 Å².